The van der Waals surface area contributed by atoms with E-state index in [2.05, 4.69) is 26.2 Å². The van der Waals surface area contributed by atoms with E-state index in [1.54, 1.807) is 0 Å². The van der Waals surface area contributed by atoms with Gasteiger partial charge in [0.1, 0.15) is 5.82 Å². The minimum absolute atomic E-state index is 0.144. The third-order valence-electron chi connectivity index (χ3n) is 2.93. The van der Waals surface area contributed by atoms with Crippen molar-refractivity contribution in [2.75, 3.05) is 5.32 Å². The number of nitrogens with one attached hydrogen (secondary N) is 1. The molecule has 0 amide bonds. The lowest BCUT2D eigenvalue weighted by atomic mass is 10.1. The largest absolute Gasteiger partial charge is 0.419 e. The molecule has 1 unspecified atom stereocenters. The number of benzene rings is 1. The summed E-state index contributed by atoms with van der Waals surface area (Å²) in [5, 5.41) is 2.84. The van der Waals surface area contributed by atoms with E-state index in [0.29, 0.717) is 10.9 Å². The Morgan fingerprint density at radius 3 is 2.52 bits per heavy atom. The summed E-state index contributed by atoms with van der Waals surface area (Å²) in [7, 11) is 0. The van der Waals surface area contributed by atoms with Crippen LogP contribution in [0.2, 0.25) is 0 Å². The molecule has 1 aromatic carbocycles. The van der Waals surface area contributed by atoms with E-state index < -0.39 is 11.7 Å². The van der Waals surface area contributed by atoms with Crippen LogP contribution in [0, 0.1) is 0 Å². The van der Waals surface area contributed by atoms with Crippen LogP contribution in [0.25, 0.3) is 0 Å². The van der Waals surface area contributed by atoms with Gasteiger partial charge in [0.2, 0.25) is 0 Å². The van der Waals surface area contributed by atoms with Crippen LogP contribution >= 0.6 is 15.9 Å². The molecule has 1 N–H and O–H groups in total. The van der Waals surface area contributed by atoms with Crippen molar-refractivity contribution < 1.29 is 13.2 Å². The molecule has 2 nitrogen and oxygen atoms in total. The van der Waals surface area contributed by atoms with Gasteiger partial charge in [-0.15, -0.1) is 0 Å². The molecule has 0 bridgehead atoms. The first kappa shape index (κ1) is 15.8. The molecule has 1 atom stereocenters. The molecule has 0 saturated carbocycles. The Hall–Kier alpha value is -1.56. The SMILES string of the molecule is CC(Cc1ccccc1)Nc1ncc(Br)cc1C(F)(F)F. The standard InChI is InChI=1S/C15H14BrF3N2/c1-10(7-11-5-3-2-4-6-11)21-14-13(15(17,18)19)8-12(16)9-20-14/h2-6,8-10H,7H2,1H3,(H,20,21). The molecule has 0 saturated heterocycles. The van der Waals surface area contributed by atoms with Gasteiger partial charge in [-0.05, 0) is 40.9 Å². The molecule has 21 heavy (non-hydrogen) atoms. The molecule has 1 aromatic heterocycles. The van der Waals surface area contributed by atoms with Crippen LogP contribution in [0.3, 0.4) is 0 Å². The van der Waals surface area contributed by atoms with Crippen molar-refractivity contribution in [1.29, 1.82) is 0 Å². The van der Waals surface area contributed by atoms with Crippen molar-refractivity contribution in [3.8, 4) is 0 Å². The number of rotatable bonds is 4. The third kappa shape index (κ3) is 4.46. The number of anilines is 1. The molecule has 0 radical (unpaired) electrons. The fourth-order valence-corrected chi connectivity index (χ4v) is 2.35. The number of alkyl halides is 3. The van der Waals surface area contributed by atoms with Gasteiger partial charge in [0.15, 0.2) is 0 Å². The zero-order chi connectivity index (χ0) is 15.5. The molecule has 0 aliphatic carbocycles. The average Bonchev–Trinajstić information content (AvgIpc) is 2.40. The van der Waals surface area contributed by atoms with Gasteiger partial charge in [-0.1, -0.05) is 30.3 Å². The molecule has 112 valence electrons. The second kappa shape index (κ2) is 6.47. The number of hydrogen-bond acceptors (Lipinski definition) is 2. The van der Waals surface area contributed by atoms with Gasteiger partial charge in [-0.3, -0.25) is 0 Å². The number of aromatic nitrogens is 1. The van der Waals surface area contributed by atoms with Crippen molar-refractivity contribution >= 4 is 21.7 Å². The highest BCUT2D eigenvalue weighted by atomic mass is 79.9. The van der Waals surface area contributed by atoms with Crippen LogP contribution < -0.4 is 5.32 Å². The monoisotopic (exact) mass is 358 g/mol. The molecule has 0 spiro atoms. The Bertz CT molecular complexity index is 600. The van der Waals surface area contributed by atoms with Crippen LogP contribution in [-0.2, 0) is 12.6 Å². The highest BCUT2D eigenvalue weighted by Crippen LogP contribution is 2.35. The van der Waals surface area contributed by atoms with Crippen molar-refractivity contribution in [2.45, 2.75) is 25.6 Å². The fourth-order valence-electron chi connectivity index (χ4n) is 2.02. The maximum absolute atomic E-state index is 13.0. The maximum atomic E-state index is 13.0. The van der Waals surface area contributed by atoms with E-state index in [0.717, 1.165) is 11.6 Å². The molecule has 0 aliphatic rings. The number of halogens is 4. The molecule has 0 fully saturated rings. The number of pyridine rings is 1. The predicted octanol–water partition coefficient (Wildman–Crippen LogP) is 4.91. The summed E-state index contributed by atoms with van der Waals surface area (Å²) in [5.41, 5.74) is 0.292. The molecule has 2 rings (SSSR count). The van der Waals surface area contributed by atoms with Crippen molar-refractivity contribution in [3.05, 3.63) is 58.2 Å². The van der Waals surface area contributed by atoms with Gasteiger partial charge >= 0.3 is 6.18 Å². The van der Waals surface area contributed by atoms with Crippen LogP contribution in [0.1, 0.15) is 18.1 Å². The highest BCUT2D eigenvalue weighted by molar-refractivity contribution is 9.10. The zero-order valence-corrected chi connectivity index (χ0v) is 12.9. The Balaban J connectivity index is 2.16. The summed E-state index contributed by atoms with van der Waals surface area (Å²) in [6, 6.07) is 10.5. The van der Waals surface area contributed by atoms with Crippen LogP contribution in [0.15, 0.2) is 47.1 Å². The van der Waals surface area contributed by atoms with Gasteiger partial charge in [-0.25, -0.2) is 4.98 Å². The highest BCUT2D eigenvalue weighted by Gasteiger charge is 2.34. The van der Waals surface area contributed by atoms with Crippen LogP contribution in [0.5, 0.6) is 0 Å². The van der Waals surface area contributed by atoms with Crippen molar-refractivity contribution in [3.63, 3.8) is 0 Å². The fraction of sp³-hybridized carbons (Fsp3) is 0.267. The quantitative estimate of drug-likeness (QED) is 0.840. The summed E-state index contributed by atoms with van der Waals surface area (Å²) < 4.78 is 39.3. The molecule has 1 heterocycles. The number of hydrogen-bond donors (Lipinski definition) is 1. The van der Waals surface area contributed by atoms with Gasteiger partial charge in [0, 0.05) is 16.7 Å². The first-order valence-corrected chi connectivity index (χ1v) is 7.19. The molecule has 0 aliphatic heterocycles. The van der Waals surface area contributed by atoms with Crippen molar-refractivity contribution in [1.82, 2.24) is 4.98 Å². The zero-order valence-electron chi connectivity index (χ0n) is 11.3. The Kier molecular flexibility index (Phi) is 4.88. The summed E-state index contributed by atoms with van der Waals surface area (Å²) in [6.07, 6.45) is -2.46. The second-order valence-electron chi connectivity index (χ2n) is 4.78. The van der Waals surface area contributed by atoms with Crippen LogP contribution in [0.4, 0.5) is 19.0 Å². The minimum atomic E-state index is -4.44. The Morgan fingerprint density at radius 1 is 1.24 bits per heavy atom. The lowest BCUT2D eigenvalue weighted by Crippen LogP contribution is -2.22. The van der Waals surface area contributed by atoms with Gasteiger partial charge in [0.25, 0.3) is 0 Å². The topological polar surface area (TPSA) is 24.9 Å². The lowest BCUT2D eigenvalue weighted by Gasteiger charge is -2.18. The van der Waals surface area contributed by atoms with E-state index in [1.807, 2.05) is 37.3 Å². The van der Waals surface area contributed by atoms with E-state index >= 15 is 0 Å². The van der Waals surface area contributed by atoms with Gasteiger partial charge < -0.3 is 5.32 Å². The van der Waals surface area contributed by atoms with E-state index in [-0.39, 0.29) is 11.9 Å². The normalized spacial score (nSPS) is 13.0. The maximum Gasteiger partial charge on any atom is 0.419 e. The molecule has 2 aromatic rings. The molecular formula is C15H14BrF3N2. The van der Waals surface area contributed by atoms with E-state index in [4.69, 9.17) is 0 Å². The summed E-state index contributed by atoms with van der Waals surface area (Å²) in [6.45, 7) is 1.83. The molecular weight excluding hydrogens is 345 g/mol. The summed E-state index contributed by atoms with van der Waals surface area (Å²) in [5.74, 6) is -0.144. The first-order chi connectivity index (χ1) is 9.86. The predicted molar refractivity (Wildman–Crippen MR) is 80.2 cm³/mol. The third-order valence-corrected chi connectivity index (χ3v) is 3.36. The van der Waals surface area contributed by atoms with E-state index in [9.17, 15) is 13.2 Å². The average molecular weight is 359 g/mol. The van der Waals surface area contributed by atoms with Crippen LogP contribution in [-0.4, -0.2) is 11.0 Å². The van der Waals surface area contributed by atoms with E-state index in [1.165, 1.54) is 6.20 Å². The second-order valence-corrected chi connectivity index (χ2v) is 5.70. The molecule has 6 heteroatoms. The van der Waals surface area contributed by atoms with Crippen molar-refractivity contribution in [2.24, 2.45) is 0 Å². The Labute approximate surface area is 129 Å². The smallest absolute Gasteiger partial charge is 0.367 e. The van der Waals surface area contributed by atoms with Gasteiger partial charge in [-0.2, -0.15) is 13.2 Å². The first-order valence-electron chi connectivity index (χ1n) is 6.39. The minimum Gasteiger partial charge on any atom is -0.367 e. The lowest BCUT2D eigenvalue weighted by molar-refractivity contribution is -0.137. The number of nitrogens with zero attached hydrogens (tertiary/aromatic N) is 1. The van der Waals surface area contributed by atoms with Gasteiger partial charge in [0.05, 0.1) is 5.56 Å². The summed E-state index contributed by atoms with van der Waals surface area (Å²) >= 11 is 3.02. The Morgan fingerprint density at radius 2 is 1.90 bits per heavy atom. The summed E-state index contributed by atoms with van der Waals surface area (Å²) in [4.78, 5) is 3.85.